The number of ether oxygens (including phenoxy) is 1. The summed E-state index contributed by atoms with van der Waals surface area (Å²) >= 11 is 7.08. The zero-order valence-corrected chi connectivity index (χ0v) is 13.7. The molecule has 0 saturated carbocycles. The second-order valence-corrected chi connectivity index (χ2v) is 6.02. The highest BCUT2D eigenvalue weighted by molar-refractivity contribution is 9.11. The summed E-state index contributed by atoms with van der Waals surface area (Å²) in [7, 11) is 1.66. The van der Waals surface area contributed by atoms with Gasteiger partial charge in [0.15, 0.2) is 0 Å². The molecule has 0 fully saturated rings. The first-order valence-electron chi connectivity index (χ1n) is 5.70. The standard InChI is InChI=1S/C13H15Br2NO2/c1-7(2)16-5-8-6-18-13-9(14)4-10(17-3)12(15)11(8)13/h4,6-7,16H,5H2,1-3H3. The Morgan fingerprint density at radius 3 is 2.72 bits per heavy atom. The third-order valence-corrected chi connectivity index (χ3v) is 4.07. The molecule has 0 unspecified atom stereocenters. The van der Waals surface area contributed by atoms with Crippen molar-refractivity contribution >= 4 is 42.8 Å². The SMILES string of the molecule is COc1cc(Br)c2occ(CNC(C)C)c2c1Br. The Balaban J connectivity index is 2.52. The number of benzene rings is 1. The average Bonchev–Trinajstić information content (AvgIpc) is 2.75. The van der Waals surface area contributed by atoms with Crippen molar-refractivity contribution in [2.45, 2.75) is 26.4 Å². The van der Waals surface area contributed by atoms with E-state index < -0.39 is 0 Å². The van der Waals surface area contributed by atoms with Crippen LogP contribution in [-0.4, -0.2) is 13.2 Å². The zero-order chi connectivity index (χ0) is 13.3. The average molecular weight is 377 g/mol. The molecule has 0 saturated heterocycles. The van der Waals surface area contributed by atoms with E-state index in [9.17, 15) is 0 Å². The quantitative estimate of drug-likeness (QED) is 0.855. The summed E-state index contributed by atoms with van der Waals surface area (Å²) in [4.78, 5) is 0. The van der Waals surface area contributed by atoms with Gasteiger partial charge in [0.25, 0.3) is 0 Å². The molecule has 18 heavy (non-hydrogen) atoms. The van der Waals surface area contributed by atoms with Crippen LogP contribution in [0, 0.1) is 0 Å². The Morgan fingerprint density at radius 1 is 1.39 bits per heavy atom. The number of hydrogen-bond acceptors (Lipinski definition) is 3. The molecule has 1 aromatic carbocycles. The van der Waals surface area contributed by atoms with Gasteiger partial charge in [0, 0.05) is 23.5 Å². The summed E-state index contributed by atoms with van der Waals surface area (Å²) < 4.78 is 12.8. The van der Waals surface area contributed by atoms with Gasteiger partial charge >= 0.3 is 0 Å². The molecule has 5 heteroatoms. The molecular formula is C13H15Br2NO2. The van der Waals surface area contributed by atoms with Gasteiger partial charge in [-0.1, -0.05) is 13.8 Å². The van der Waals surface area contributed by atoms with Crippen molar-refractivity contribution in [1.29, 1.82) is 0 Å². The highest BCUT2D eigenvalue weighted by atomic mass is 79.9. The monoisotopic (exact) mass is 375 g/mol. The van der Waals surface area contributed by atoms with Gasteiger partial charge in [-0.3, -0.25) is 0 Å². The van der Waals surface area contributed by atoms with Crippen LogP contribution in [-0.2, 0) is 6.54 Å². The van der Waals surface area contributed by atoms with E-state index in [1.807, 2.05) is 6.07 Å². The fourth-order valence-corrected chi connectivity index (χ4v) is 2.98. The van der Waals surface area contributed by atoms with Crippen molar-refractivity contribution < 1.29 is 9.15 Å². The van der Waals surface area contributed by atoms with E-state index in [0.29, 0.717) is 6.04 Å². The molecule has 0 amide bonds. The van der Waals surface area contributed by atoms with Gasteiger partial charge in [-0.25, -0.2) is 0 Å². The lowest BCUT2D eigenvalue weighted by Gasteiger charge is -2.09. The van der Waals surface area contributed by atoms with Crippen LogP contribution in [0.5, 0.6) is 5.75 Å². The van der Waals surface area contributed by atoms with Crippen molar-refractivity contribution in [1.82, 2.24) is 5.32 Å². The predicted octanol–water partition coefficient (Wildman–Crippen LogP) is 4.46. The normalized spacial score (nSPS) is 11.4. The summed E-state index contributed by atoms with van der Waals surface area (Å²) in [5.41, 5.74) is 1.95. The lowest BCUT2D eigenvalue weighted by atomic mass is 10.1. The minimum absolute atomic E-state index is 0.433. The van der Waals surface area contributed by atoms with E-state index in [4.69, 9.17) is 9.15 Å². The van der Waals surface area contributed by atoms with Crippen LogP contribution < -0.4 is 10.1 Å². The summed E-state index contributed by atoms with van der Waals surface area (Å²) in [5, 5.41) is 4.44. The lowest BCUT2D eigenvalue weighted by Crippen LogP contribution is -2.21. The molecule has 1 N–H and O–H groups in total. The molecule has 0 radical (unpaired) electrons. The molecule has 1 heterocycles. The van der Waals surface area contributed by atoms with Crippen molar-refractivity contribution in [3.05, 3.63) is 26.8 Å². The molecule has 0 aliphatic carbocycles. The van der Waals surface area contributed by atoms with Crippen LogP contribution in [0.3, 0.4) is 0 Å². The van der Waals surface area contributed by atoms with Crippen LogP contribution in [0.1, 0.15) is 19.4 Å². The molecule has 3 nitrogen and oxygen atoms in total. The molecule has 0 aliphatic heterocycles. The highest BCUT2D eigenvalue weighted by Crippen LogP contribution is 2.40. The first kappa shape index (κ1) is 13.9. The molecule has 98 valence electrons. The van der Waals surface area contributed by atoms with E-state index in [1.165, 1.54) is 0 Å². The lowest BCUT2D eigenvalue weighted by molar-refractivity contribution is 0.412. The van der Waals surface area contributed by atoms with Gasteiger partial charge in [0.1, 0.15) is 11.3 Å². The van der Waals surface area contributed by atoms with Gasteiger partial charge < -0.3 is 14.5 Å². The highest BCUT2D eigenvalue weighted by Gasteiger charge is 2.16. The minimum atomic E-state index is 0.433. The number of rotatable bonds is 4. The minimum Gasteiger partial charge on any atom is -0.496 e. The fourth-order valence-electron chi connectivity index (χ4n) is 1.77. The van der Waals surface area contributed by atoms with Crippen LogP contribution in [0.25, 0.3) is 11.0 Å². The number of furan rings is 1. The number of fused-ring (bicyclic) bond motifs is 1. The largest absolute Gasteiger partial charge is 0.496 e. The Kier molecular flexibility index (Phi) is 4.35. The van der Waals surface area contributed by atoms with Gasteiger partial charge in [-0.15, -0.1) is 0 Å². The Labute approximate surface area is 123 Å². The van der Waals surface area contributed by atoms with E-state index in [-0.39, 0.29) is 0 Å². The second kappa shape index (κ2) is 5.63. The Bertz CT molecular complexity index is 564. The van der Waals surface area contributed by atoms with Crippen LogP contribution in [0.2, 0.25) is 0 Å². The number of methoxy groups -OCH3 is 1. The molecule has 0 spiro atoms. The Hall–Kier alpha value is -0.520. The molecule has 2 rings (SSSR count). The summed E-state index contributed by atoms with van der Waals surface area (Å²) in [6, 6.07) is 2.33. The molecule has 0 atom stereocenters. The van der Waals surface area contributed by atoms with Crippen molar-refractivity contribution in [2.75, 3.05) is 7.11 Å². The second-order valence-electron chi connectivity index (χ2n) is 4.38. The summed E-state index contributed by atoms with van der Waals surface area (Å²) in [6.45, 7) is 5.00. The molecule has 0 aliphatic rings. The van der Waals surface area contributed by atoms with E-state index in [2.05, 4.69) is 51.0 Å². The van der Waals surface area contributed by atoms with E-state index in [0.717, 1.165) is 37.8 Å². The van der Waals surface area contributed by atoms with Crippen LogP contribution >= 0.6 is 31.9 Å². The number of halogens is 2. The fraction of sp³-hybridized carbons (Fsp3) is 0.385. The van der Waals surface area contributed by atoms with Crippen molar-refractivity contribution in [2.24, 2.45) is 0 Å². The zero-order valence-electron chi connectivity index (χ0n) is 10.5. The maximum atomic E-state index is 5.62. The molecule has 0 bridgehead atoms. The van der Waals surface area contributed by atoms with Gasteiger partial charge in [0.05, 0.1) is 22.3 Å². The van der Waals surface area contributed by atoms with Gasteiger partial charge in [-0.2, -0.15) is 0 Å². The third-order valence-electron chi connectivity index (χ3n) is 2.70. The van der Waals surface area contributed by atoms with Crippen LogP contribution in [0.4, 0.5) is 0 Å². The summed E-state index contributed by atoms with van der Waals surface area (Å²) in [6.07, 6.45) is 1.79. The molecule has 2 aromatic rings. The maximum Gasteiger partial charge on any atom is 0.149 e. The third kappa shape index (κ3) is 2.58. The first-order chi connectivity index (χ1) is 8.54. The van der Waals surface area contributed by atoms with Crippen LogP contribution in [0.15, 0.2) is 25.7 Å². The first-order valence-corrected chi connectivity index (χ1v) is 7.28. The molecular weight excluding hydrogens is 362 g/mol. The maximum absolute atomic E-state index is 5.62. The predicted molar refractivity (Wildman–Crippen MR) is 80.1 cm³/mol. The van der Waals surface area contributed by atoms with Gasteiger partial charge in [0.2, 0.25) is 0 Å². The van der Waals surface area contributed by atoms with E-state index in [1.54, 1.807) is 13.4 Å². The number of hydrogen-bond donors (Lipinski definition) is 1. The number of nitrogens with one attached hydrogen (secondary N) is 1. The molecule has 1 aromatic heterocycles. The van der Waals surface area contributed by atoms with Crippen molar-refractivity contribution in [3.63, 3.8) is 0 Å². The summed E-state index contributed by atoms with van der Waals surface area (Å²) in [5.74, 6) is 0.793. The Morgan fingerprint density at radius 2 is 2.11 bits per heavy atom. The topological polar surface area (TPSA) is 34.4 Å². The smallest absolute Gasteiger partial charge is 0.149 e. The van der Waals surface area contributed by atoms with Gasteiger partial charge in [-0.05, 0) is 37.9 Å². The van der Waals surface area contributed by atoms with Crippen molar-refractivity contribution in [3.8, 4) is 5.75 Å². The van der Waals surface area contributed by atoms with E-state index >= 15 is 0 Å².